The maximum atomic E-state index is 13.8. The van der Waals surface area contributed by atoms with E-state index in [9.17, 15) is 18.3 Å². The Morgan fingerprint density at radius 2 is 1.83 bits per heavy atom. The van der Waals surface area contributed by atoms with Crippen LogP contribution in [-0.4, -0.2) is 61.2 Å². The lowest BCUT2D eigenvalue weighted by Crippen LogP contribution is -2.59. The van der Waals surface area contributed by atoms with Gasteiger partial charge in [0.25, 0.3) is 5.91 Å². The highest BCUT2D eigenvalue weighted by Gasteiger charge is 2.45. The molecule has 3 fully saturated rings. The minimum absolute atomic E-state index is 0.0114. The van der Waals surface area contributed by atoms with Crippen LogP contribution in [-0.2, 0) is 20.4 Å². The number of hydrogen-bond acceptors (Lipinski definition) is 8. The van der Waals surface area contributed by atoms with E-state index in [0.29, 0.717) is 29.9 Å². The molecule has 2 aromatic rings. The Hall–Kier alpha value is -2.60. The van der Waals surface area contributed by atoms with Crippen LogP contribution in [0.4, 0.5) is 5.69 Å². The zero-order valence-corrected chi connectivity index (χ0v) is 21.7. The van der Waals surface area contributed by atoms with Crippen molar-refractivity contribution >= 4 is 21.6 Å². The van der Waals surface area contributed by atoms with Crippen molar-refractivity contribution in [2.24, 2.45) is 11.1 Å². The van der Waals surface area contributed by atoms with E-state index >= 15 is 0 Å². The van der Waals surface area contributed by atoms with Gasteiger partial charge in [-0.05, 0) is 70.1 Å². The predicted octanol–water partition coefficient (Wildman–Crippen LogP) is 1.92. The Labute approximate surface area is 211 Å². The number of nitrogens with one attached hydrogen (secondary N) is 1. The third-order valence-corrected chi connectivity index (χ3v) is 9.15. The summed E-state index contributed by atoms with van der Waals surface area (Å²) in [5.41, 5.74) is 5.36. The molecule has 1 amide bonds. The van der Waals surface area contributed by atoms with Gasteiger partial charge in [0.2, 0.25) is 10.0 Å². The molecule has 3 aliphatic rings. The van der Waals surface area contributed by atoms with Crippen molar-refractivity contribution in [3.8, 4) is 11.3 Å². The Balaban J connectivity index is 1.72. The summed E-state index contributed by atoms with van der Waals surface area (Å²) in [5.74, 6) is -0.507. The molecule has 4 N–H and O–H groups in total. The second-order valence-corrected chi connectivity index (χ2v) is 12.8. The van der Waals surface area contributed by atoms with Crippen molar-refractivity contribution in [2.75, 3.05) is 31.2 Å². The first-order valence-electron chi connectivity index (χ1n) is 12.2. The van der Waals surface area contributed by atoms with Gasteiger partial charge in [-0.2, -0.15) is 0 Å². The quantitative estimate of drug-likeness (QED) is 0.507. The van der Waals surface area contributed by atoms with Crippen LogP contribution in [0.15, 0.2) is 29.3 Å². The number of piperidine rings is 1. The Morgan fingerprint density at radius 1 is 1.17 bits per heavy atom. The standard InChI is InChI=1S/C25H33N5O5S/c1-23(2,32)22-27-11-6-17(28-22)19-18(36(33,34)29-24(3)14-35-15-24)5-4-16(21(26)31)20(19)30-12-9-25(7-8-25)10-13-30/h4-6,11,29,32H,7-10,12-15H2,1-3H3,(H2,26,31). The van der Waals surface area contributed by atoms with Gasteiger partial charge >= 0.3 is 0 Å². The van der Waals surface area contributed by atoms with Crippen LogP contribution >= 0.6 is 0 Å². The molecule has 1 aromatic carbocycles. The van der Waals surface area contributed by atoms with Crippen LogP contribution in [0, 0.1) is 5.41 Å². The molecule has 1 aliphatic carbocycles. The van der Waals surface area contributed by atoms with Gasteiger partial charge in [0, 0.05) is 24.8 Å². The van der Waals surface area contributed by atoms with E-state index in [1.54, 1.807) is 26.8 Å². The average molecular weight is 516 g/mol. The molecule has 2 aliphatic heterocycles. The number of benzene rings is 1. The fourth-order valence-electron chi connectivity index (χ4n) is 5.09. The van der Waals surface area contributed by atoms with Crippen LogP contribution in [0.2, 0.25) is 0 Å². The molecule has 194 valence electrons. The molecule has 0 radical (unpaired) electrons. The molecule has 1 spiro atoms. The largest absolute Gasteiger partial charge is 0.382 e. The van der Waals surface area contributed by atoms with Gasteiger partial charge in [-0.1, -0.05) is 0 Å². The fourth-order valence-corrected chi connectivity index (χ4v) is 6.69. The topological polar surface area (TPSA) is 148 Å². The average Bonchev–Trinajstić information content (AvgIpc) is 3.55. The maximum Gasteiger partial charge on any atom is 0.250 e. The number of nitrogens with two attached hydrogens (primary N) is 1. The molecule has 10 nitrogen and oxygen atoms in total. The van der Waals surface area contributed by atoms with Crippen molar-refractivity contribution in [3.05, 3.63) is 35.8 Å². The van der Waals surface area contributed by atoms with E-state index in [4.69, 9.17) is 10.5 Å². The molecular formula is C25H33N5O5S. The molecule has 1 saturated carbocycles. The number of rotatable bonds is 7. The molecule has 0 unspecified atom stereocenters. The lowest BCUT2D eigenvalue weighted by molar-refractivity contribution is -0.0523. The number of ether oxygens (including phenoxy) is 1. The van der Waals surface area contributed by atoms with Crippen molar-refractivity contribution in [2.45, 2.75) is 62.5 Å². The van der Waals surface area contributed by atoms with E-state index in [-0.39, 0.29) is 35.1 Å². The Kier molecular flexibility index (Phi) is 5.90. The molecule has 5 rings (SSSR count). The van der Waals surface area contributed by atoms with Crippen molar-refractivity contribution in [3.63, 3.8) is 0 Å². The SMILES string of the molecule is CC1(NS(=O)(=O)c2ccc(C(N)=O)c(N3CCC4(CC3)CC4)c2-c2ccnc(C(C)(C)O)n2)COC1. The van der Waals surface area contributed by atoms with E-state index in [2.05, 4.69) is 19.6 Å². The number of anilines is 1. The third kappa shape index (κ3) is 4.60. The fraction of sp³-hybridized carbons (Fsp3) is 0.560. The monoisotopic (exact) mass is 515 g/mol. The lowest BCUT2D eigenvalue weighted by Gasteiger charge is -2.39. The van der Waals surface area contributed by atoms with Gasteiger partial charge in [-0.15, -0.1) is 0 Å². The van der Waals surface area contributed by atoms with E-state index < -0.39 is 27.1 Å². The lowest BCUT2D eigenvalue weighted by atomic mass is 9.91. The van der Waals surface area contributed by atoms with Crippen LogP contribution in [0.5, 0.6) is 0 Å². The van der Waals surface area contributed by atoms with Crippen molar-refractivity contribution < 1.29 is 23.1 Å². The highest BCUT2D eigenvalue weighted by molar-refractivity contribution is 7.89. The highest BCUT2D eigenvalue weighted by atomic mass is 32.2. The smallest absolute Gasteiger partial charge is 0.250 e. The van der Waals surface area contributed by atoms with E-state index in [1.807, 2.05) is 0 Å². The summed E-state index contributed by atoms with van der Waals surface area (Å²) in [7, 11) is -4.05. The molecular weight excluding hydrogens is 482 g/mol. The second-order valence-electron chi connectivity index (χ2n) is 11.2. The predicted molar refractivity (Wildman–Crippen MR) is 134 cm³/mol. The van der Waals surface area contributed by atoms with E-state index in [0.717, 1.165) is 12.8 Å². The minimum Gasteiger partial charge on any atom is -0.382 e. The first-order chi connectivity index (χ1) is 16.8. The van der Waals surface area contributed by atoms with Gasteiger partial charge in [0.1, 0.15) is 5.60 Å². The van der Waals surface area contributed by atoms with Gasteiger partial charge in [-0.25, -0.2) is 23.1 Å². The third-order valence-electron chi connectivity index (χ3n) is 7.47. The molecule has 3 heterocycles. The molecule has 36 heavy (non-hydrogen) atoms. The number of primary amides is 1. The molecule has 0 bridgehead atoms. The number of hydrogen-bond donors (Lipinski definition) is 3. The molecule has 0 atom stereocenters. The summed E-state index contributed by atoms with van der Waals surface area (Å²) in [6, 6.07) is 4.48. The van der Waals surface area contributed by atoms with Crippen LogP contribution in [0.3, 0.4) is 0 Å². The number of aromatic nitrogens is 2. The Morgan fingerprint density at radius 3 is 2.36 bits per heavy atom. The highest BCUT2D eigenvalue weighted by Crippen LogP contribution is 2.54. The molecule has 11 heteroatoms. The zero-order chi connectivity index (χ0) is 25.9. The van der Waals surface area contributed by atoms with Crippen LogP contribution < -0.4 is 15.4 Å². The zero-order valence-electron chi connectivity index (χ0n) is 20.9. The number of amides is 1. The van der Waals surface area contributed by atoms with Gasteiger partial charge in [0.15, 0.2) is 5.82 Å². The first kappa shape index (κ1) is 25.1. The first-order valence-corrected chi connectivity index (χ1v) is 13.7. The van der Waals surface area contributed by atoms with Crippen molar-refractivity contribution in [1.82, 2.24) is 14.7 Å². The summed E-state index contributed by atoms with van der Waals surface area (Å²) in [4.78, 5) is 23.4. The van der Waals surface area contributed by atoms with Crippen LogP contribution in [0.25, 0.3) is 11.3 Å². The summed E-state index contributed by atoms with van der Waals surface area (Å²) in [6.07, 6.45) is 5.82. The number of aliphatic hydroxyl groups is 1. The molecule has 1 aromatic heterocycles. The number of carbonyl (C=O) groups excluding carboxylic acids is 1. The second kappa shape index (κ2) is 8.47. The minimum atomic E-state index is -4.05. The van der Waals surface area contributed by atoms with Gasteiger partial charge < -0.3 is 20.5 Å². The maximum absolute atomic E-state index is 13.8. The van der Waals surface area contributed by atoms with E-state index in [1.165, 1.54) is 31.2 Å². The van der Waals surface area contributed by atoms with Gasteiger partial charge in [0.05, 0.1) is 40.6 Å². The summed E-state index contributed by atoms with van der Waals surface area (Å²) >= 11 is 0. The number of nitrogens with zero attached hydrogens (tertiary/aromatic N) is 3. The Bertz CT molecular complexity index is 1300. The normalized spacial score (nSPS) is 20.7. The molecule has 2 saturated heterocycles. The van der Waals surface area contributed by atoms with Crippen molar-refractivity contribution in [1.29, 1.82) is 0 Å². The number of carbonyl (C=O) groups is 1. The summed E-state index contributed by atoms with van der Waals surface area (Å²) in [6.45, 7) is 6.78. The van der Waals surface area contributed by atoms with Gasteiger partial charge in [-0.3, -0.25) is 4.79 Å². The number of sulfonamides is 1. The summed E-state index contributed by atoms with van der Waals surface area (Å²) in [5, 5.41) is 10.6. The van der Waals surface area contributed by atoms with Crippen LogP contribution in [0.1, 0.15) is 62.6 Å². The summed E-state index contributed by atoms with van der Waals surface area (Å²) < 4.78 is 35.5.